The molecule has 2 aromatic heterocycles. The van der Waals surface area contributed by atoms with Gasteiger partial charge in [-0.25, -0.2) is 9.97 Å². The molecule has 5 heteroatoms. The summed E-state index contributed by atoms with van der Waals surface area (Å²) in [6, 6.07) is 3.81. The van der Waals surface area contributed by atoms with Crippen molar-refractivity contribution in [2.45, 2.75) is 6.42 Å². The van der Waals surface area contributed by atoms with Crippen molar-refractivity contribution in [2.75, 3.05) is 32.7 Å². The van der Waals surface area contributed by atoms with Gasteiger partial charge in [-0.2, -0.15) is 0 Å². The van der Waals surface area contributed by atoms with Gasteiger partial charge in [0.25, 0.3) is 0 Å². The first-order chi connectivity index (χ1) is 8.42. The Kier molecular flexibility index (Phi) is 3.02. The molecule has 0 unspecified atom stereocenters. The van der Waals surface area contributed by atoms with Gasteiger partial charge in [0, 0.05) is 45.3 Å². The third kappa shape index (κ3) is 2.45. The summed E-state index contributed by atoms with van der Waals surface area (Å²) in [5.74, 6) is 0.789. The molecule has 0 aromatic carbocycles. The van der Waals surface area contributed by atoms with Crippen molar-refractivity contribution >= 4 is 11.2 Å². The van der Waals surface area contributed by atoms with Crippen molar-refractivity contribution < 1.29 is 4.42 Å². The normalized spacial score (nSPS) is 17.6. The van der Waals surface area contributed by atoms with Crippen molar-refractivity contribution in [3.8, 4) is 0 Å². The largest absolute Gasteiger partial charge is 0.422 e. The van der Waals surface area contributed by atoms with Gasteiger partial charge in [0.1, 0.15) is 5.52 Å². The lowest BCUT2D eigenvalue weighted by atomic mass is 10.3. The zero-order valence-electron chi connectivity index (χ0n) is 9.72. The van der Waals surface area contributed by atoms with Crippen LogP contribution in [0.25, 0.3) is 11.2 Å². The van der Waals surface area contributed by atoms with E-state index < -0.39 is 0 Å². The zero-order valence-corrected chi connectivity index (χ0v) is 9.72. The number of fused-ring (bicyclic) bond motifs is 1. The molecule has 1 saturated heterocycles. The van der Waals surface area contributed by atoms with Gasteiger partial charge in [0.05, 0.1) is 0 Å². The van der Waals surface area contributed by atoms with Crippen LogP contribution in [-0.2, 0) is 6.42 Å². The van der Waals surface area contributed by atoms with Gasteiger partial charge < -0.3 is 14.6 Å². The van der Waals surface area contributed by atoms with E-state index in [-0.39, 0.29) is 0 Å². The number of hydrogen-bond donors (Lipinski definition) is 1. The van der Waals surface area contributed by atoms with Crippen LogP contribution in [0.2, 0.25) is 0 Å². The number of rotatable bonds is 3. The topological polar surface area (TPSA) is 54.2 Å². The van der Waals surface area contributed by atoms with Crippen LogP contribution in [0.5, 0.6) is 0 Å². The molecule has 3 rings (SSSR count). The Morgan fingerprint density at radius 2 is 2.24 bits per heavy atom. The minimum Gasteiger partial charge on any atom is -0.422 e. The van der Waals surface area contributed by atoms with Crippen molar-refractivity contribution in [1.82, 2.24) is 20.2 Å². The van der Waals surface area contributed by atoms with Gasteiger partial charge in [-0.3, -0.25) is 0 Å². The Morgan fingerprint density at radius 1 is 1.35 bits per heavy atom. The summed E-state index contributed by atoms with van der Waals surface area (Å²) in [5.41, 5.74) is 1.49. The summed E-state index contributed by atoms with van der Waals surface area (Å²) in [7, 11) is 0. The highest BCUT2D eigenvalue weighted by Crippen LogP contribution is 2.12. The molecule has 17 heavy (non-hydrogen) atoms. The summed E-state index contributed by atoms with van der Waals surface area (Å²) in [5, 5.41) is 3.34. The minimum atomic E-state index is 0.641. The molecular weight excluding hydrogens is 216 g/mol. The SMILES string of the molecule is c1cnc2oc(CCN3CCNCC3)nc2c1. The van der Waals surface area contributed by atoms with E-state index in [0.29, 0.717) is 5.71 Å². The minimum absolute atomic E-state index is 0.641. The lowest BCUT2D eigenvalue weighted by Crippen LogP contribution is -2.44. The molecule has 1 N–H and O–H groups in total. The van der Waals surface area contributed by atoms with Crippen molar-refractivity contribution in [2.24, 2.45) is 0 Å². The summed E-state index contributed by atoms with van der Waals surface area (Å²) in [4.78, 5) is 11.0. The number of aromatic nitrogens is 2. The van der Waals surface area contributed by atoms with Crippen molar-refractivity contribution in [3.05, 3.63) is 24.2 Å². The first kappa shape index (κ1) is 10.7. The number of pyridine rings is 1. The molecule has 0 aliphatic carbocycles. The average molecular weight is 232 g/mol. The van der Waals surface area contributed by atoms with Gasteiger partial charge in [-0.05, 0) is 12.1 Å². The van der Waals surface area contributed by atoms with E-state index in [0.717, 1.165) is 50.6 Å². The summed E-state index contributed by atoms with van der Waals surface area (Å²) < 4.78 is 5.59. The fourth-order valence-electron chi connectivity index (χ4n) is 2.11. The first-order valence-corrected chi connectivity index (χ1v) is 6.05. The number of piperazine rings is 1. The Labute approximate surface area is 99.8 Å². The van der Waals surface area contributed by atoms with Crippen LogP contribution in [0, 0.1) is 0 Å². The highest BCUT2D eigenvalue weighted by atomic mass is 16.4. The maximum atomic E-state index is 5.59. The smallest absolute Gasteiger partial charge is 0.246 e. The molecule has 5 nitrogen and oxygen atoms in total. The van der Waals surface area contributed by atoms with E-state index in [2.05, 4.69) is 20.2 Å². The van der Waals surface area contributed by atoms with E-state index in [9.17, 15) is 0 Å². The quantitative estimate of drug-likeness (QED) is 0.843. The van der Waals surface area contributed by atoms with Crippen LogP contribution >= 0.6 is 0 Å². The van der Waals surface area contributed by atoms with Crippen molar-refractivity contribution in [1.29, 1.82) is 0 Å². The van der Waals surface area contributed by atoms with Gasteiger partial charge in [-0.15, -0.1) is 0 Å². The first-order valence-electron chi connectivity index (χ1n) is 6.05. The number of oxazole rings is 1. The van der Waals surface area contributed by atoms with E-state index in [1.165, 1.54) is 0 Å². The maximum absolute atomic E-state index is 5.59. The lowest BCUT2D eigenvalue weighted by molar-refractivity contribution is 0.238. The lowest BCUT2D eigenvalue weighted by Gasteiger charge is -2.26. The van der Waals surface area contributed by atoms with Crippen molar-refractivity contribution in [3.63, 3.8) is 0 Å². The molecule has 0 atom stereocenters. The molecule has 1 aliphatic heterocycles. The average Bonchev–Trinajstić information content (AvgIpc) is 2.80. The molecule has 90 valence electrons. The summed E-state index contributed by atoms with van der Waals surface area (Å²) >= 11 is 0. The third-order valence-corrected chi connectivity index (χ3v) is 3.06. The highest BCUT2D eigenvalue weighted by molar-refractivity contribution is 5.67. The molecule has 0 saturated carbocycles. The highest BCUT2D eigenvalue weighted by Gasteiger charge is 2.11. The molecule has 3 heterocycles. The Bertz CT molecular complexity index is 457. The zero-order chi connectivity index (χ0) is 11.5. The van der Waals surface area contributed by atoms with Crippen LogP contribution < -0.4 is 5.32 Å². The molecule has 1 fully saturated rings. The molecule has 0 amide bonds. The second-order valence-corrected chi connectivity index (χ2v) is 4.28. The van der Waals surface area contributed by atoms with E-state index in [1.807, 2.05) is 12.1 Å². The summed E-state index contributed by atoms with van der Waals surface area (Å²) in [6.45, 7) is 5.38. The Morgan fingerprint density at radius 3 is 3.06 bits per heavy atom. The second-order valence-electron chi connectivity index (χ2n) is 4.28. The maximum Gasteiger partial charge on any atom is 0.246 e. The molecule has 0 spiro atoms. The number of nitrogens with zero attached hydrogens (tertiary/aromatic N) is 3. The Hall–Kier alpha value is -1.46. The van der Waals surface area contributed by atoms with Crippen LogP contribution in [0.3, 0.4) is 0 Å². The second kappa shape index (κ2) is 4.81. The van der Waals surface area contributed by atoms with Gasteiger partial charge >= 0.3 is 0 Å². The number of nitrogens with one attached hydrogen (secondary N) is 1. The van der Waals surface area contributed by atoms with Gasteiger partial charge in [0.15, 0.2) is 5.89 Å². The van der Waals surface area contributed by atoms with E-state index in [4.69, 9.17) is 4.42 Å². The molecule has 1 aliphatic rings. The summed E-state index contributed by atoms with van der Waals surface area (Å²) in [6.07, 6.45) is 2.59. The predicted molar refractivity (Wildman–Crippen MR) is 64.8 cm³/mol. The monoisotopic (exact) mass is 232 g/mol. The van der Waals surface area contributed by atoms with Crippen LogP contribution in [0.15, 0.2) is 22.7 Å². The third-order valence-electron chi connectivity index (χ3n) is 3.06. The molecule has 0 radical (unpaired) electrons. The van der Waals surface area contributed by atoms with Crippen LogP contribution in [0.1, 0.15) is 5.89 Å². The van der Waals surface area contributed by atoms with E-state index >= 15 is 0 Å². The fraction of sp³-hybridized carbons (Fsp3) is 0.500. The van der Waals surface area contributed by atoms with Crippen LogP contribution in [-0.4, -0.2) is 47.6 Å². The van der Waals surface area contributed by atoms with Gasteiger partial charge in [-0.1, -0.05) is 0 Å². The molecule has 0 bridgehead atoms. The van der Waals surface area contributed by atoms with E-state index in [1.54, 1.807) is 6.20 Å². The standard InChI is InChI=1S/C12H16N4O/c1-2-10-12(14-4-1)17-11(15-10)3-7-16-8-5-13-6-9-16/h1-2,4,13H,3,5-9H2. The predicted octanol–water partition coefficient (Wildman–Crippen LogP) is 0.670. The van der Waals surface area contributed by atoms with Crippen LogP contribution in [0.4, 0.5) is 0 Å². The molecular formula is C12H16N4O. The van der Waals surface area contributed by atoms with Gasteiger partial charge in [0.2, 0.25) is 5.71 Å². The fourth-order valence-corrected chi connectivity index (χ4v) is 2.11. The Balaban J connectivity index is 1.64. The molecule has 2 aromatic rings. The number of hydrogen-bond acceptors (Lipinski definition) is 5.